The standard InChI is InChI=1S/C43H77N3O6/c1-14-49-46-39(9,10)30-42(31-40(46,11)12)34(47)44(43(52-42)23-21-19-17-15-16-18-20-22-24-43)27-33-28-45-38(7,8)25-32(26-41(45,13)51-33)50-35(48)37(5,6)29-36(2,3)4/h32-33H,14-31H2,1-13H3. The Labute approximate surface area is 317 Å². The molecule has 0 aromatic heterocycles. The largest absolute Gasteiger partial charge is 0.462 e. The van der Waals surface area contributed by atoms with Gasteiger partial charge in [0.15, 0.2) is 5.60 Å². The summed E-state index contributed by atoms with van der Waals surface area (Å²) in [4.78, 5) is 39.8. The van der Waals surface area contributed by atoms with E-state index in [1.165, 1.54) is 38.5 Å². The van der Waals surface area contributed by atoms with E-state index >= 15 is 4.79 Å². The average Bonchev–Trinajstić information content (AvgIpc) is 3.39. The monoisotopic (exact) mass is 732 g/mol. The smallest absolute Gasteiger partial charge is 0.311 e. The van der Waals surface area contributed by atoms with Gasteiger partial charge in [-0.05, 0) is 107 Å². The Bertz CT molecular complexity index is 1260. The molecule has 0 radical (unpaired) electrons. The Morgan fingerprint density at radius 2 is 1.35 bits per heavy atom. The fourth-order valence-electron chi connectivity index (χ4n) is 11.8. The molecule has 4 heterocycles. The predicted molar refractivity (Wildman–Crippen MR) is 206 cm³/mol. The summed E-state index contributed by atoms with van der Waals surface area (Å²) >= 11 is 0. The number of hydrogen-bond donors (Lipinski definition) is 0. The second-order valence-electron chi connectivity index (χ2n) is 21.4. The molecule has 3 atom stereocenters. The van der Waals surface area contributed by atoms with Crippen LogP contribution in [0.4, 0.5) is 0 Å². The van der Waals surface area contributed by atoms with Crippen molar-refractivity contribution in [3.05, 3.63) is 0 Å². The molecule has 9 heteroatoms. The molecule has 4 aliphatic heterocycles. The Kier molecular flexibility index (Phi) is 11.8. The molecule has 0 bridgehead atoms. The first-order valence-corrected chi connectivity index (χ1v) is 21.0. The summed E-state index contributed by atoms with van der Waals surface area (Å²) in [7, 11) is 0. The van der Waals surface area contributed by atoms with Crippen LogP contribution in [0, 0.1) is 10.8 Å². The van der Waals surface area contributed by atoms with E-state index in [4.69, 9.17) is 19.0 Å². The molecule has 0 aromatic carbocycles. The van der Waals surface area contributed by atoms with Crippen LogP contribution >= 0.6 is 0 Å². The number of carbonyl (C=O) groups is 2. The van der Waals surface area contributed by atoms with Crippen molar-refractivity contribution in [1.82, 2.24) is 14.9 Å². The van der Waals surface area contributed by atoms with Crippen molar-refractivity contribution in [2.45, 2.75) is 232 Å². The zero-order chi connectivity index (χ0) is 38.6. The summed E-state index contributed by atoms with van der Waals surface area (Å²) < 4.78 is 20.9. The Morgan fingerprint density at radius 1 is 0.808 bits per heavy atom. The summed E-state index contributed by atoms with van der Waals surface area (Å²) in [6.45, 7) is 29.8. The Hall–Kier alpha value is -1.26. The third kappa shape index (κ3) is 8.59. The third-order valence-electron chi connectivity index (χ3n) is 12.8. The lowest BCUT2D eigenvalue weighted by Crippen LogP contribution is -2.67. The topological polar surface area (TPSA) is 80.8 Å². The summed E-state index contributed by atoms with van der Waals surface area (Å²) in [5.74, 6) is 0.000323. The van der Waals surface area contributed by atoms with Crippen molar-refractivity contribution in [2.75, 3.05) is 19.7 Å². The number of amides is 1. The molecule has 1 aliphatic carbocycles. The van der Waals surface area contributed by atoms with E-state index < -0.39 is 33.5 Å². The van der Waals surface area contributed by atoms with Gasteiger partial charge >= 0.3 is 5.97 Å². The van der Waals surface area contributed by atoms with Crippen molar-refractivity contribution in [1.29, 1.82) is 0 Å². The molecule has 1 amide bonds. The van der Waals surface area contributed by atoms with Crippen molar-refractivity contribution in [3.63, 3.8) is 0 Å². The van der Waals surface area contributed by atoms with Gasteiger partial charge in [-0.25, -0.2) is 0 Å². The van der Waals surface area contributed by atoms with Gasteiger partial charge in [-0.3, -0.25) is 19.3 Å². The number of esters is 1. The maximum atomic E-state index is 15.3. The number of ether oxygens (including phenoxy) is 3. The van der Waals surface area contributed by atoms with Crippen LogP contribution in [0.15, 0.2) is 0 Å². The first-order valence-electron chi connectivity index (χ1n) is 21.0. The molecule has 2 spiro atoms. The van der Waals surface area contributed by atoms with Crippen molar-refractivity contribution >= 4 is 11.9 Å². The second kappa shape index (κ2) is 14.7. The molecule has 5 fully saturated rings. The minimum Gasteiger partial charge on any atom is -0.462 e. The van der Waals surface area contributed by atoms with Gasteiger partial charge in [-0.2, -0.15) is 5.06 Å². The lowest BCUT2D eigenvalue weighted by molar-refractivity contribution is -0.308. The van der Waals surface area contributed by atoms with Gasteiger partial charge < -0.3 is 19.1 Å². The van der Waals surface area contributed by atoms with E-state index in [0.717, 1.165) is 45.1 Å². The minimum atomic E-state index is -0.922. The van der Waals surface area contributed by atoms with E-state index in [2.05, 4.69) is 84.1 Å². The van der Waals surface area contributed by atoms with Crippen molar-refractivity contribution < 1.29 is 28.6 Å². The Morgan fingerprint density at radius 3 is 1.87 bits per heavy atom. The molecule has 4 saturated heterocycles. The maximum Gasteiger partial charge on any atom is 0.311 e. The number of rotatable bonds is 7. The molecule has 0 aromatic rings. The summed E-state index contributed by atoms with van der Waals surface area (Å²) in [6.07, 6.45) is 14.1. The van der Waals surface area contributed by atoms with Crippen LogP contribution in [0.1, 0.15) is 186 Å². The first-order chi connectivity index (χ1) is 23.9. The molecule has 9 nitrogen and oxygen atoms in total. The molecular formula is C43H77N3O6. The predicted octanol–water partition coefficient (Wildman–Crippen LogP) is 9.16. The SMILES string of the molecule is CCON1C(C)(C)CC2(CC1(C)C)OC1(CCCCCCCCCC1)N(CC1CN3C(C)(C)CC(OC(=O)C(C)(C)CC(C)(C)C)CC3(C)O1)C2=O. The van der Waals surface area contributed by atoms with E-state index in [1.54, 1.807) is 0 Å². The summed E-state index contributed by atoms with van der Waals surface area (Å²) in [5.41, 5.74) is -3.78. The van der Waals surface area contributed by atoms with Crippen LogP contribution in [-0.4, -0.2) is 92.3 Å². The summed E-state index contributed by atoms with van der Waals surface area (Å²) in [5, 5.41) is 2.13. The minimum absolute atomic E-state index is 0.0193. The maximum absolute atomic E-state index is 15.3. The van der Waals surface area contributed by atoms with Crippen LogP contribution in [0.2, 0.25) is 0 Å². The van der Waals surface area contributed by atoms with Gasteiger partial charge in [0.05, 0.1) is 24.7 Å². The highest BCUT2D eigenvalue weighted by Gasteiger charge is 2.67. The van der Waals surface area contributed by atoms with Gasteiger partial charge in [0.25, 0.3) is 5.91 Å². The van der Waals surface area contributed by atoms with Crippen LogP contribution in [0.3, 0.4) is 0 Å². The zero-order valence-corrected chi connectivity index (χ0v) is 35.7. The highest BCUT2D eigenvalue weighted by Crippen LogP contribution is 2.55. The van der Waals surface area contributed by atoms with Crippen molar-refractivity contribution in [2.24, 2.45) is 10.8 Å². The second-order valence-corrected chi connectivity index (χ2v) is 21.4. The number of fused-ring (bicyclic) bond motifs is 1. The van der Waals surface area contributed by atoms with E-state index in [1.807, 2.05) is 20.8 Å². The zero-order valence-electron chi connectivity index (χ0n) is 35.7. The quantitative estimate of drug-likeness (QED) is 0.240. The van der Waals surface area contributed by atoms with Gasteiger partial charge in [-0.1, -0.05) is 59.3 Å². The lowest BCUT2D eigenvalue weighted by Gasteiger charge is -2.56. The number of hydrogen-bond acceptors (Lipinski definition) is 8. The van der Waals surface area contributed by atoms with E-state index in [-0.39, 0.29) is 35.0 Å². The Balaban J connectivity index is 1.42. The molecule has 5 aliphatic rings. The van der Waals surface area contributed by atoms with Crippen LogP contribution in [0.5, 0.6) is 0 Å². The highest BCUT2D eigenvalue weighted by molar-refractivity contribution is 5.88. The van der Waals surface area contributed by atoms with Crippen LogP contribution in [0.25, 0.3) is 0 Å². The van der Waals surface area contributed by atoms with Crippen LogP contribution < -0.4 is 0 Å². The molecule has 300 valence electrons. The van der Waals surface area contributed by atoms with Crippen molar-refractivity contribution in [3.8, 4) is 0 Å². The summed E-state index contributed by atoms with van der Waals surface area (Å²) in [6, 6.07) is 0. The first kappa shape index (κ1) is 41.9. The number of piperidine rings is 2. The molecule has 0 N–H and O–H groups in total. The van der Waals surface area contributed by atoms with Gasteiger partial charge in [-0.15, -0.1) is 0 Å². The molecule has 5 rings (SSSR count). The normalized spacial score (nSPS) is 32.5. The van der Waals surface area contributed by atoms with E-state index in [9.17, 15) is 4.79 Å². The van der Waals surface area contributed by atoms with Crippen LogP contribution in [-0.2, 0) is 28.6 Å². The molecule has 52 heavy (non-hydrogen) atoms. The number of hydroxylamine groups is 2. The fourth-order valence-corrected chi connectivity index (χ4v) is 11.8. The van der Waals surface area contributed by atoms with Gasteiger partial charge in [0, 0.05) is 48.8 Å². The molecular weight excluding hydrogens is 654 g/mol. The average molecular weight is 732 g/mol. The molecule has 3 unspecified atom stereocenters. The molecule has 1 saturated carbocycles. The van der Waals surface area contributed by atoms with Gasteiger partial charge in [0.1, 0.15) is 17.6 Å². The highest BCUT2D eigenvalue weighted by atomic mass is 16.7. The van der Waals surface area contributed by atoms with Gasteiger partial charge in [0.2, 0.25) is 0 Å². The lowest BCUT2D eigenvalue weighted by atomic mass is 9.72. The van der Waals surface area contributed by atoms with E-state index in [0.29, 0.717) is 32.4 Å². The number of nitrogens with zero attached hydrogens (tertiary/aromatic N) is 3. The number of carbonyl (C=O) groups excluding carboxylic acids is 2. The fraction of sp³-hybridized carbons (Fsp3) is 0.953. The third-order valence-corrected chi connectivity index (χ3v) is 12.8.